The van der Waals surface area contributed by atoms with Gasteiger partial charge in [-0.05, 0) is 18.2 Å². The molecule has 0 unspecified atom stereocenters. The molecule has 106 valence electrons. The largest absolute Gasteiger partial charge is 0.619 e. The molecular formula is C15H13N3O3. The highest BCUT2D eigenvalue weighted by molar-refractivity contribution is 5.83. The van der Waals surface area contributed by atoms with E-state index in [1.807, 2.05) is 12.1 Å². The molecule has 6 heteroatoms. The van der Waals surface area contributed by atoms with Crippen LogP contribution in [-0.2, 0) is 0 Å². The van der Waals surface area contributed by atoms with Crippen molar-refractivity contribution >= 4 is 23.4 Å². The number of ether oxygens (including phenoxy) is 1. The fourth-order valence-corrected chi connectivity index (χ4v) is 2.21. The van der Waals surface area contributed by atoms with Gasteiger partial charge in [-0.2, -0.15) is 9.47 Å². The Bertz CT molecular complexity index is 839. The van der Waals surface area contributed by atoms with Crippen molar-refractivity contribution in [3.8, 4) is 17.1 Å². The third-order valence-corrected chi connectivity index (χ3v) is 3.25. The molecule has 2 aromatic carbocycles. The van der Waals surface area contributed by atoms with Crippen LogP contribution in [0.15, 0.2) is 42.5 Å². The Hall–Kier alpha value is -3.02. The molecule has 21 heavy (non-hydrogen) atoms. The Labute approximate surface area is 120 Å². The molecule has 0 aliphatic heterocycles. The first-order valence-electron chi connectivity index (χ1n) is 6.24. The van der Waals surface area contributed by atoms with Gasteiger partial charge in [0.15, 0.2) is 5.82 Å². The van der Waals surface area contributed by atoms with E-state index in [0.29, 0.717) is 38.6 Å². The lowest BCUT2D eigenvalue weighted by Gasteiger charge is -2.06. The highest BCUT2D eigenvalue weighted by atomic mass is 16.5. The molecule has 6 nitrogen and oxygen atoms in total. The number of nitrogens with zero attached hydrogens (tertiary/aromatic N) is 3. The number of methoxy groups -OCH3 is 1. The third kappa shape index (κ3) is 2.06. The summed E-state index contributed by atoms with van der Waals surface area (Å²) < 4.78 is 6.71. The molecule has 0 saturated carbocycles. The molecule has 3 rings (SSSR count). The molecule has 0 spiro atoms. The highest BCUT2D eigenvalue weighted by Crippen LogP contribution is 2.31. The second-order valence-corrected chi connectivity index (χ2v) is 4.50. The van der Waals surface area contributed by atoms with Crippen LogP contribution in [0.25, 0.3) is 22.4 Å². The molecule has 0 fully saturated rings. The molecule has 3 aromatic rings. The Kier molecular flexibility index (Phi) is 2.98. The Morgan fingerprint density at radius 2 is 2.05 bits per heavy atom. The summed E-state index contributed by atoms with van der Waals surface area (Å²) in [6, 6.07) is 12.0. The first kappa shape index (κ1) is 13.0. The second kappa shape index (κ2) is 4.82. The summed E-state index contributed by atoms with van der Waals surface area (Å²) in [6.45, 7) is 3.28. The molecule has 1 N–H and O–H groups in total. The molecule has 1 heterocycles. The highest BCUT2D eigenvalue weighted by Gasteiger charge is 2.16. The number of hydrogen-bond acceptors (Lipinski definition) is 4. The van der Waals surface area contributed by atoms with Gasteiger partial charge >= 0.3 is 0 Å². The van der Waals surface area contributed by atoms with Gasteiger partial charge in [0.05, 0.1) is 18.2 Å². The van der Waals surface area contributed by atoms with E-state index in [1.54, 1.807) is 31.4 Å². The van der Waals surface area contributed by atoms with E-state index >= 15 is 0 Å². The number of imidazole rings is 1. The van der Waals surface area contributed by atoms with Gasteiger partial charge in [0.1, 0.15) is 18.0 Å². The van der Waals surface area contributed by atoms with Crippen LogP contribution in [0.2, 0.25) is 0 Å². The summed E-state index contributed by atoms with van der Waals surface area (Å²) in [7, 11) is 1.55. The van der Waals surface area contributed by atoms with Gasteiger partial charge in [-0.1, -0.05) is 12.1 Å². The Morgan fingerprint density at radius 1 is 1.29 bits per heavy atom. The zero-order chi connectivity index (χ0) is 15.0. The minimum atomic E-state index is 0.337. The Morgan fingerprint density at radius 3 is 2.76 bits per heavy atom. The van der Waals surface area contributed by atoms with Crippen LogP contribution in [0.1, 0.15) is 0 Å². The number of benzene rings is 2. The molecule has 0 aliphatic rings. The smallest absolute Gasteiger partial charge is 0.218 e. The number of hydrogen-bond donors (Lipinski definition) is 1. The van der Waals surface area contributed by atoms with E-state index in [4.69, 9.17) is 4.74 Å². The second-order valence-electron chi connectivity index (χ2n) is 4.50. The maximum absolute atomic E-state index is 11.3. The molecule has 0 amide bonds. The average molecular weight is 283 g/mol. The van der Waals surface area contributed by atoms with Gasteiger partial charge in [-0.3, -0.25) is 0 Å². The summed E-state index contributed by atoms with van der Waals surface area (Å²) in [6.07, 6.45) is 0. The van der Waals surface area contributed by atoms with Crippen LogP contribution < -0.4 is 4.74 Å². The van der Waals surface area contributed by atoms with Gasteiger partial charge in [0.25, 0.3) is 0 Å². The Balaban J connectivity index is 2.25. The normalized spacial score (nSPS) is 10.7. The molecule has 0 aliphatic carbocycles. The monoisotopic (exact) mass is 283 g/mol. The molecule has 0 saturated heterocycles. The minimum Gasteiger partial charge on any atom is -0.619 e. The van der Waals surface area contributed by atoms with Gasteiger partial charge in [0, 0.05) is 12.1 Å². The zero-order valence-electron chi connectivity index (χ0n) is 11.4. The van der Waals surface area contributed by atoms with E-state index < -0.39 is 0 Å². The van der Waals surface area contributed by atoms with Crippen molar-refractivity contribution in [2.75, 3.05) is 7.11 Å². The summed E-state index contributed by atoms with van der Waals surface area (Å²) in [5.41, 5.74) is 2.00. The van der Waals surface area contributed by atoms with Crippen LogP contribution in [0.5, 0.6) is 5.75 Å². The van der Waals surface area contributed by atoms with Crippen LogP contribution in [0, 0.1) is 5.21 Å². The van der Waals surface area contributed by atoms with Crippen molar-refractivity contribution in [2.24, 2.45) is 0 Å². The SMILES string of the molecule is C=[N+]([O-])c1ccc2nc(-c3ccccc3OC)n(O)c2c1. The van der Waals surface area contributed by atoms with Crippen molar-refractivity contribution < 1.29 is 14.7 Å². The van der Waals surface area contributed by atoms with Gasteiger partial charge in [-0.15, -0.1) is 0 Å². The van der Waals surface area contributed by atoms with Crippen molar-refractivity contribution in [1.29, 1.82) is 0 Å². The molecular weight excluding hydrogens is 270 g/mol. The van der Waals surface area contributed by atoms with E-state index in [9.17, 15) is 10.4 Å². The minimum absolute atomic E-state index is 0.337. The topological polar surface area (TPSA) is 73.3 Å². The van der Waals surface area contributed by atoms with Crippen LogP contribution >= 0.6 is 0 Å². The number of para-hydroxylation sites is 1. The van der Waals surface area contributed by atoms with Gasteiger partial charge < -0.3 is 15.2 Å². The molecule has 0 bridgehead atoms. The van der Waals surface area contributed by atoms with E-state index in [-0.39, 0.29) is 0 Å². The van der Waals surface area contributed by atoms with Crippen LogP contribution in [0.3, 0.4) is 0 Å². The summed E-state index contributed by atoms with van der Waals surface area (Å²) in [5.74, 6) is 0.951. The standard InChI is InChI=1S/C15H13N3O3/c1-17(19)10-7-8-12-13(9-10)18(20)15(16-12)11-5-3-4-6-14(11)21-2/h3-9,20H,1H2,2H3. The van der Waals surface area contributed by atoms with Crippen molar-refractivity contribution in [1.82, 2.24) is 9.71 Å². The molecule has 0 atom stereocenters. The lowest BCUT2D eigenvalue weighted by molar-refractivity contribution is -0.349. The molecule has 1 aromatic heterocycles. The van der Waals surface area contributed by atoms with E-state index in [1.165, 1.54) is 6.07 Å². The lowest BCUT2D eigenvalue weighted by Crippen LogP contribution is -1.97. The lowest BCUT2D eigenvalue weighted by atomic mass is 10.2. The fourth-order valence-electron chi connectivity index (χ4n) is 2.21. The summed E-state index contributed by atoms with van der Waals surface area (Å²) in [5, 5.41) is 21.6. The molecule has 0 radical (unpaired) electrons. The quantitative estimate of drug-likeness (QED) is 0.264. The fraction of sp³-hybridized carbons (Fsp3) is 0.0667. The van der Waals surface area contributed by atoms with Gasteiger partial charge in [0.2, 0.25) is 5.69 Å². The predicted molar refractivity (Wildman–Crippen MR) is 79.3 cm³/mol. The van der Waals surface area contributed by atoms with Gasteiger partial charge in [-0.25, -0.2) is 4.98 Å². The predicted octanol–water partition coefficient (Wildman–Crippen LogP) is 2.79. The van der Waals surface area contributed by atoms with Crippen molar-refractivity contribution in [2.45, 2.75) is 0 Å². The van der Waals surface area contributed by atoms with Crippen molar-refractivity contribution in [3.05, 3.63) is 47.7 Å². The van der Waals surface area contributed by atoms with Crippen molar-refractivity contribution in [3.63, 3.8) is 0 Å². The third-order valence-electron chi connectivity index (χ3n) is 3.25. The van der Waals surface area contributed by atoms with E-state index in [2.05, 4.69) is 11.7 Å². The van der Waals surface area contributed by atoms with E-state index in [0.717, 1.165) is 4.73 Å². The average Bonchev–Trinajstić information content (AvgIpc) is 2.83. The number of rotatable bonds is 3. The maximum atomic E-state index is 11.3. The summed E-state index contributed by atoms with van der Waals surface area (Å²) >= 11 is 0. The first-order chi connectivity index (χ1) is 10.1. The van der Waals surface area contributed by atoms with Crippen LogP contribution in [-0.4, -0.2) is 33.5 Å². The zero-order valence-corrected chi connectivity index (χ0v) is 11.4. The first-order valence-corrected chi connectivity index (χ1v) is 6.24. The van der Waals surface area contributed by atoms with Crippen LogP contribution in [0.4, 0.5) is 5.69 Å². The number of fused-ring (bicyclic) bond motifs is 1. The number of aromatic nitrogens is 2. The maximum Gasteiger partial charge on any atom is 0.218 e. The summed E-state index contributed by atoms with van der Waals surface area (Å²) in [4.78, 5) is 4.38.